The number of hydrogen-bond donors (Lipinski definition) is 2. The first-order valence-electron chi connectivity index (χ1n) is 7.85. The lowest BCUT2D eigenvalue weighted by atomic mass is 9.95. The molecule has 0 spiro atoms. The normalized spacial score (nSPS) is 27.2. The molecule has 0 saturated heterocycles. The van der Waals surface area contributed by atoms with Crippen molar-refractivity contribution in [2.75, 3.05) is 27.2 Å². The Morgan fingerprint density at radius 2 is 2.05 bits per heavy atom. The molecule has 1 amide bonds. The second kappa shape index (κ2) is 8.80. The van der Waals surface area contributed by atoms with E-state index in [9.17, 15) is 4.79 Å². The molecule has 21 heavy (non-hydrogen) atoms. The van der Waals surface area contributed by atoms with Gasteiger partial charge in [0.2, 0.25) is 5.91 Å². The van der Waals surface area contributed by atoms with Crippen molar-refractivity contribution in [3.05, 3.63) is 0 Å². The van der Waals surface area contributed by atoms with Crippen LogP contribution in [0.15, 0.2) is 4.99 Å². The molecule has 0 aromatic heterocycles. The predicted octanol–water partition coefficient (Wildman–Crippen LogP) is 1.83. The lowest BCUT2D eigenvalue weighted by molar-refractivity contribution is -0.127. The van der Waals surface area contributed by atoms with Crippen LogP contribution in [-0.4, -0.2) is 50.0 Å². The number of amides is 1. The van der Waals surface area contributed by atoms with Crippen molar-refractivity contribution in [1.29, 1.82) is 0 Å². The van der Waals surface area contributed by atoms with Crippen LogP contribution in [0.2, 0.25) is 0 Å². The van der Waals surface area contributed by atoms with E-state index in [1.165, 1.54) is 25.7 Å². The van der Waals surface area contributed by atoms with E-state index in [-0.39, 0.29) is 36.4 Å². The molecule has 2 fully saturated rings. The summed E-state index contributed by atoms with van der Waals surface area (Å²) in [6.07, 6.45) is 6.43. The maximum atomic E-state index is 11.6. The third-order valence-electron chi connectivity index (χ3n) is 4.47. The molecule has 2 rings (SSSR count). The minimum Gasteiger partial charge on any atom is -0.356 e. The molecule has 3 unspecified atom stereocenters. The first kappa shape index (κ1) is 18.5. The fourth-order valence-electron chi connectivity index (χ4n) is 3.28. The van der Waals surface area contributed by atoms with E-state index in [0.717, 1.165) is 30.8 Å². The molecular weight excluding hydrogens is 379 g/mol. The number of halogens is 1. The number of carbonyl (C=O) groups excluding carboxylic acids is 1. The molecular formula is C15H29IN4O. The molecule has 2 aliphatic rings. The number of rotatable bonds is 5. The van der Waals surface area contributed by atoms with Gasteiger partial charge in [-0.25, -0.2) is 4.99 Å². The van der Waals surface area contributed by atoms with Crippen LogP contribution in [0, 0.1) is 11.8 Å². The van der Waals surface area contributed by atoms with E-state index in [1.54, 1.807) is 19.0 Å². The van der Waals surface area contributed by atoms with Crippen molar-refractivity contribution >= 4 is 35.8 Å². The van der Waals surface area contributed by atoms with Gasteiger partial charge in [-0.2, -0.15) is 0 Å². The van der Waals surface area contributed by atoms with Crippen molar-refractivity contribution in [3.8, 4) is 0 Å². The SMILES string of the molecule is CCCNC(=NCC(=O)N(C)C)NC1CC2CCC1C2.I. The summed E-state index contributed by atoms with van der Waals surface area (Å²) >= 11 is 0. The molecule has 6 heteroatoms. The molecule has 0 heterocycles. The molecule has 0 aromatic rings. The highest BCUT2D eigenvalue weighted by atomic mass is 127. The summed E-state index contributed by atoms with van der Waals surface area (Å²) < 4.78 is 0. The van der Waals surface area contributed by atoms with Crippen molar-refractivity contribution in [3.63, 3.8) is 0 Å². The average Bonchev–Trinajstić information content (AvgIpc) is 3.03. The number of likely N-dealkylation sites (N-methyl/N-ethyl adjacent to an activating group) is 1. The molecule has 0 aliphatic heterocycles. The number of carbonyl (C=O) groups is 1. The minimum absolute atomic E-state index is 0. The number of fused-ring (bicyclic) bond motifs is 2. The van der Waals surface area contributed by atoms with E-state index in [0.29, 0.717) is 6.04 Å². The summed E-state index contributed by atoms with van der Waals surface area (Å²) in [7, 11) is 3.53. The molecule has 2 saturated carbocycles. The first-order valence-corrected chi connectivity index (χ1v) is 7.85. The van der Waals surface area contributed by atoms with Gasteiger partial charge in [0.25, 0.3) is 0 Å². The van der Waals surface area contributed by atoms with Crippen LogP contribution in [0.1, 0.15) is 39.0 Å². The summed E-state index contributed by atoms with van der Waals surface area (Å²) in [5.41, 5.74) is 0. The van der Waals surface area contributed by atoms with Gasteiger partial charge in [0.15, 0.2) is 5.96 Å². The van der Waals surface area contributed by atoms with Gasteiger partial charge in [0.05, 0.1) is 0 Å². The zero-order valence-electron chi connectivity index (χ0n) is 13.4. The molecule has 122 valence electrons. The van der Waals surface area contributed by atoms with Crippen LogP contribution in [0.4, 0.5) is 0 Å². The first-order chi connectivity index (χ1) is 9.60. The molecule has 2 aliphatic carbocycles. The third-order valence-corrected chi connectivity index (χ3v) is 4.47. The molecule has 2 bridgehead atoms. The van der Waals surface area contributed by atoms with Gasteiger partial charge in [-0.05, 0) is 37.5 Å². The van der Waals surface area contributed by atoms with Crippen molar-refractivity contribution in [2.24, 2.45) is 16.8 Å². The Morgan fingerprint density at radius 3 is 2.57 bits per heavy atom. The van der Waals surface area contributed by atoms with Gasteiger partial charge in [-0.15, -0.1) is 24.0 Å². The highest BCUT2D eigenvalue weighted by Gasteiger charge is 2.39. The lowest BCUT2D eigenvalue weighted by Crippen LogP contribution is -2.46. The summed E-state index contributed by atoms with van der Waals surface area (Å²) in [6.45, 7) is 3.24. The molecule has 3 atom stereocenters. The fourth-order valence-corrected chi connectivity index (χ4v) is 3.28. The van der Waals surface area contributed by atoms with Crippen LogP contribution < -0.4 is 10.6 Å². The number of nitrogens with one attached hydrogen (secondary N) is 2. The van der Waals surface area contributed by atoms with Crippen LogP contribution in [0.3, 0.4) is 0 Å². The quantitative estimate of drug-likeness (QED) is 0.415. The van der Waals surface area contributed by atoms with E-state index in [1.807, 2.05) is 0 Å². The van der Waals surface area contributed by atoms with Crippen molar-refractivity contribution in [2.45, 2.75) is 45.1 Å². The Labute approximate surface area is 145 Å². The number of guanidine groups is 1. The van der Waals surface area contributed by atoms with Crippen LogP contribution in [0.25, 0.3) is 0 Å². The van der Waals surface area contributed by atoms with Gasteiger partial charge in [-0.1, -0.05) is 13.3 Å². The third kappa shape index (κ3) is 5.30. The topological polar surface area (TPSA) is 56.7 Å². The Kier molecular flexibility index (Phi) is 7.76. The number of nitrogens with zero attached hydrogens (tertiary/aromatic N) is 2. The summed E-state index contributed by atoms with van der Waals surface area (Å²) in [4.78, 5) is 17.7. The van der Waals surface area contributed by atoms with Crippen LogP contribution in [0.5, 0.6) is 0 Å². The average molecular weight is 408 g/mol. The lowest BCUT2D eigenvalue weighted by Gasteiger charge is -2.25. The molecule has 2 N–H and O–H groups in total. The molecule has 0 radical (unpaired) electrons. The molecule has 0 aromatic carbocycles. The smallest absolute Gasteiger partial charge is 0.243 e. The zero-order chi connectivity index (χ0) is 14.5. The van der Waals surface area contributed by atoms with Crippen LogP contribution >= 0.6 is 24.0 Å². The number of aliphatic imine (C=N–C) groups is 1. The summed E-state index contributed by atoms with van der Waals surface area (Å²) in [5.74, 6) is 2.56. The summed E-state index contributed by atoms with van der Waals surface area (Å²) in [5, 5.41) is 6.86. The van der Waals surface area contributed by atoms with Gasteiger partial charge in [0.1, 0.15) is 6.54 Å². The zero-order valence-corrected chi connectivity index (χ0v) is 15.7. The Bertz CT molecular complexity index is 373. The molecule has 5 nitrogen and oxygen atoms in total. The van der Waals surface area contributed by atoms with Crippen molar-refractivity contribution in [1.82, 2.24) is 15.5 Å². The number of hydrogen-bond acceptors (Lipinski definition) is 2. The highest BCUT2D eigenvalue weighted by molar-refractivity contribution is 14.0. The second-order valence-electron chi connectivity index (χ2n) is 6.31. The predicted molar refractivity (Wildman–Crippen MR) is 97.1 cm³/mol. The van der Waals surface area contributed by atoms with E-state index < -0.39 is 0 Å². The largest absolute Gasteiger partial charge is 0.356 e. The van der Waals surface area contributed by atoms with Gasteiger partial charge < -0.3 is 15.5 Å². The minimum atomic E-state index is 0. The maximum Gasteiger partial charge on any atom is 0.243 e. The van der Waals surface area contributed by atoms with Crippen LogP contribution in [-0.2, 0) is 4.79 Å². The summed E-state index contributed by atoms with van der Waals surface area (Å²) in [6, 6.07) is 0.548. The highest BCUT2D eigenvalue weighted by Crippen LogP contribution is 2.44. The fraction of sp³-hybridized carbons (Fsp3) is 0.867. The van der Waals surface area contributed by atoms with E-state index in [4.69, 9.17) is 0 Å². The Hall–Kier alpha value is -0.530. The second-order valence-corrected chi connectivity index (χ2v) is 6.31. The standard InChI is InChI=1S/C15H28N4O.HI/c1-4-7-16-15(17-10-14(20)19(2)3)18-13-9-11-5-6-12(13)8-11;/h11-13H,4-10H2,1-3H3,(H2,16,17,18);1H. The Morgan fingerprint density at radius 1 is 1.29 bits per heavy atom. The van der Waals surface area contributed by atoms with E-state index >= 15 is 0 Å². The van der Waals surface area contributed by atoms with Crippen molar-refractivity contribution < 1.29 is 4.79 Å². The monoisotopic (exact) mass is 408 g/mol. The van der Waals surface area contributed by atoms with Gasteiger partial charge in [-0.3, -0.25) is 4.79 Å². The van der Waals surface area contributed by atoms with Gasteiger partial charge >= 0.3 is 0 Å². The Balaban J connectivity index is 0.00000220. The maximum absolute atomic E-state index is 11.6. The van der Waals surface area contributed by atoms with E-state index in [2.05, 4.69) is 22.5 Å². The van der Waals surface area contributed by atoms with Gasteiger partial charge in [0, 0.05) is 26.7 Å².